The van der Waals surface area contributed by atoms with E-state index < -0.39 is 0 Å². The van der Waals surface area contributed by atoms with E-state index in [-0.39, 0.29) is 11.9 Å². The molecule has 0 amide bonds. The van der Waals surface area contributed by atoms with E-state index in [1.54, 1.807) is 19.1 Å². The lowest BCUT2D eigenvalue weighted by molar-refractivity contribution is 0.164. The van der Waals surface area contributed by atoms with Crippen molar-refractivity contribution in [2.75, 3.05) is 0 Å². The van der Waals surface area contributed by atoms with Crippen LogP contribution in [-0.4, -0.2) is 11.2 Å². The number of aliphatic hydroxyl groups excluding tert-OH is 1. The molecule has 0 aromatic heterocycles. The molecule has 0 fully saturated rings. The second-order valence-electron chi connectivity index (χ2n) is 4.02. The fourth-order valence-corrected chi connectivity index (χ4v) is 1.69. The van der Waals surface area contributed by atoms with Crippen LogP contribution in [0, 0.1) is 11.7 Å². The third-order valence-corrected chi connectivity index (χ3v) is 2.24. The maximum absolute atomic E-state index is 12.6. The first kappa shape index (κ1) is 11.2. The van der Waals surface area contributed by atoms with Crippen molar-refractivity contribution in [2.24, 2.45) is 5.92 Å². The van der Waals surface area contributed by atoms with Crippen molar-refractivity contribution in [1.82, 2.24) is 0 Å². The average molecular weight is 196 g/mol. The summed E-state index contributed by atoms with van der Waals surface area (Å²) in [6, 6.07) is 6.55. The van der Waals surface area contributed by atoms with Crippen molar-refractivity contribution in [3.8, 4) is 0 Å². The van der Waals surface area contributed by atoms with Crippen molar-refractivity contribution < 1.29 is 9.50 Å². The Morgan fingerprint density at radius 1 is 1.21 bits per heavy atom. The highest BCUT2D eigenvalue weighted by molar-refractivity contribution is 5.16. The lowest BCUT2D eigenvalue weighted by atomic mass is 9.96. The molecule has 2 atom stereocenters. The molecule has 0 bridgehead atoms. The van der Waals surface area contributed by atoms with Crippen molar-refractivity contribution in [2.45, 2.75) is 32.8 Å². The van der Waals surface area contributed by atoms with Gasteiger partial charge in [0.1, 0.15) is 5.82 Å². The van der Waals surface area contributed by atoms with Gasteiger partial charge in [-0.3, -0.25) is 0 Å². The number of halogens is 1. The molecule has 1 aromatic rings. The molecule has 1 nitrogen and oxygen atoms in total. The molecule has 0 saturated heterocycles. The predicted octanol–water partition coefficient (Wildman–Crippen LogP) is 2.78. The zero-order valence-corrected chi connectivity index (χ0v) is 8.70. The zero-order valence-electron chi connectivity index (χ0n) is 8.70. The fourth-order valence-electron chi connectivity index (χ4n) is 1.69. The van der Waals surface area contributed by atoms with Gasteiger partial charge in [-0.1, -0.05) is 19.1 Å². The molecule has 0 aliphatic carbocycles. The fraction of sp³-hybridized carbons (Fsp3) is 0.500. The Hall–Kier alpha value is -0.890. The Morgan fingerprint density at radius 2 is 1.79 bits per heavy atom. The Kier molecular flexibility index (Phi) is 4.08. The first-order chi connectivity index (χ1) is 6.58. The van der Waals surface area contributed by atoms with Crippen molar-refractivity contribution in [3.05, 3.63) is 35.6 Å². The largest absolute Gasteiger partial charge is 0.393 e. The Bertz CT molecular complexity index is 266. The van der Waals surface area contributed by atoms with Crippen molar-refractivity contribution >= 4 is 0 Å². The molecule has 0 aliphatic heterocycles. The SMILES string of the molecule is CC(O)CC(C)Cc1ccc(F)cc1. The summed E-state index contributed by atoms with van der Waals surface area (Å²) in [5.41, 5.74) is 1.12. The number of benzene rings is 1. The van der Waals surface area contributed by atoms with Crippen LogP contribution in [0.4, 0.5) is 4.39 Å². The van der Waals surface area contributed by atoms with Crippen molar-refractivity contribution in [1.29, 1.82) is 0 Å². The van der Waals surface area contributed by atoms with Gasteiger partial charge in [0.25, 0.3) is 0 Å². The van der Waals surface area contributed by atoms with Crippen LogP contribution < -0.4 is 0 Å². The summed E-state index contributed by atoms with van der Waals surface area (Å²) in [5.74, 6) is 0.234. The van der Waals surface area contributed by atoms with Gasteiger partial charge in [-0.25, -0.2) is 4.39 Å². The van der Waals surface area contributed by atoms with Gasteiger partial charge in [-0.05, 0) is 43.4 Å². The molecule has 0 heterocycles. The molecule has 1 N–H and O–H groups in total. The first-order valence-corrected chi connectivity index (χ1v) is 5.00. The van der Waals surface area contributed by atoms with Crippen LogP contribution >= 0.6 is 0 Å². The average Bonchev–Trinajstić information content (AvgIpc) is 2.07. The van der Waals surface area contributed by atoms with E-state index in [0.717, 1.165) is 18.4 Å². The number of hydrogen-bond acceptors (Lipinski definition) is 1. The van der Waals surface area contributed by atoms with Gasteiger partial charge in [0.2, 0.25) is 0 Å². The maximum atomic E-state index is 12.6. The number of hydrogen-bond donors (Lipinski definition) is 1. The topological polar surface area (TPSA) is 20.2 Å². The van der Waals surface area contributed by atoms with Gasteiger partial charge in [0.05, 0.1) is 6.10 Å². The smallest absolute Gasteiger partial charge is 0.123 e. The molecule has 14 heavy (non-hydrogen) atoms. The third kappa shape index (κ3) is 3.88. The predicted molar refractivity (Wildman–Crippen MR) is 55.6 cm³/mol. The molecule has 78 valence electrons. The highest BCUT2D eigenvalue weighted by Gasteiger charge is 2.06. The van der Waals surface area contributed by atoms with E-state index in [4.69, 9.17) is 0 Å². The van der Waals surface area contributed by atoms with E-state index in [2.05, 4.69) is 6.92 Å². The van der Waals surface area contributed by atoms with Gasteiger partial charge in [0.15, 0.2) is 0 Å². The van der Waals surface area contributed by atoms with Crippen LogP contribution in [0.5, 0.6) is 0 Å². The van der Waals surface area contributed by atoms with Crippen molar-refractivity contribution in [3.63, 3.8) is 0 Å². The monoisotopic (exact) mass is 196 g/mol. The summed E-state index contributed by atoms with van der Waals surface area (Å²) >= 11 is 0. The second-order valence-corrected chi connectivity index (χ2v) is 4.02. The Balaban J connectivity index is 2.47. The van der Waals surface area contributed by atoms with Crippen LogP contribution in [0.1, 0.15) is 25.8 Å². The molecule has 0 aliphatic rings. The van der Waals surface area contributed by atoms with E-state index >= 15 is 0 Å². The van der Waals surface area contributed by atoms with Crippen LogP contribution in [0.3, 0.4) is 0 Å². The molecule has 0 radical (unpaired) electrons. The number of rotatable bonds is 4. The summed E-state index contributed by atoms with van der Waals surface area (Å²) in [6.45, 7) is 3.89. The summed E-state index contributed by atoms with van der Waals surface area (Å²) in [6.07, 6.45) is 1.42. The standard InChI is InChI=1S/C12H17FO/c1-9(7-10(2)14)8-11-3-5-12(13)6-4-11/h3-6,9-10,14H,7-8H2,1-2H3. The molecule has 0 saturated carbocycles. The lowest BCUT2D eigenvalue weighted by Gasteiger charge is -2.12. The van der Waals surface area contributed by atoms with E-state index in [0.29, 0.717) is 5.92 Å². The van der Waals surface area contributed by atoms with E-state index in [9.17, 15) is 9.50 Å². The minimum absolute atomic E-state index is 0.197. The first-order valence-electron chi connectivity index (χ1n) is 5.00. The van der Waals surface area contributed by atoms with Gasteiger partial charge in [0, 0.05) is 0 Å². The molecule has 2 heteroatoms. The summed E-state index contributed by atoms with van der Waals surface area (Å²) in [5, 5.41) is 9.18. The second kappa shape index (κ2) is 5.11. The van der Waals surface area contributed by atoms with E-state index in [1.807, 2.05) is 0 Å². The molecule has 2 unspecified atom stereocenters. The minimum Gasteiger partial charge on any atom is -0.393 e. The molecule has 1 rings (SSSR count). The third-order valence-electron chi connectivity index (χ3n) is 2.24. The summed E-state index contributed by atoms with van der Waals surface area (Å²) < 4.78 is 12.6. The molecule has 0 spiro atoms. The van der Waals surface area contributed by atoms with Crippen LogP contribution in [0.25, 0.3) is 0 Å². The normalized spacial score (nSPS) is 15.1. The maximum Gasteiger partial charge on any atom is 0.123 e. The van der Waals surface area contributed by atoms with Gasteiger partial charge < -0.3 is 5.11 Å². The minimum atomic E-state index is -0.259. The Morgan fingerprint density at radius 3 is 2.29 bits per heavy atom. The summed E-state index contributed by atoms with van der Waals surface area (Å²) in [7, 11) is 0. The van der Waals surface area contributed by atoms with Gasteiger partial charge in [-0.2, -0.15) is 0 Å². The van der Waals surface area contributed by atoms with Crippen LogP contribution in [0.15, 0.2) is 24.3 Å². The lowest BCUT2D eigenvalue weighted by Crippen LogP contribution is -2.09. The number of aliphatic hydroxyl groups is 1. The Labute approximate surface area is 84.6 Å². The van der Waals surface area contributed by atoms with E-state index in [1.165, 1.54) is 12.1 Å². The van der Waals surface area contributed by atoms with Crippen LogP contribution in [0.2, 0.25) is 0 Å². The van der Waals surface area contributed by atoms with Gasteiger partial charge in [-0.15, -0.1) is 0 Å². The molecular formula is C12H17FO. The van der Waals surface area contributed by atoms with Gasteiger partial charge >= 0.3 is 0 Å². The zero-order chi connectivity index (χ0) is 10.6. The molecular weight excluding hydrogens is 179 g/mol. The highest BCUT2D eigenvalue weighted by Crippen LogP contribution is 2.14. The highest BCUT2D eigenvalue weighted by atomic mass is 19.1. The quantitative estimate of drug-likeness (QED) is 0.785. The van der Waals surface area contributed by atoms with Crippen LogP contribution in [-0.2, 0) is 6.42 Å². The molecule has 1 aromatic carbocycles. The summed E-state index contributed by atoms with van der Waals surface area (Å²) in [4.78, 5) is 0.